The smallest absolute Gasteiger partial charge is 0.253 e. The molecule has 0 bridgehead atoms. The molecular weight excluding hydrogens is 398 g/mol. The molecule has 2 atom stereocenters. The predicted octanol–water partition coefficient (Wildman–Crippen LogP) is 2.80. The highest BCUT2D eigenvalue weighted by molar-refractivity contribution is 6.03. The van der Waals surface area contributed by atoms with Crippen LogP contribution >= 0.6 is 0 Å². The first kappa shape index (κ1) is 20.9. The maximum Gasteiger partial charge on any atom is 0.253 e. The minimum absolute atomic E-state index is 0.0967. The average molecular weight is 423 g/mol. The van der Waals surface area contributed by atoms with Gasteiger partial charge >= 0.3 is 0 Å². The van der Waals surface area contributed by atoms with Gasteiger partial charge in [-0.2, -0.15) is 0 Å². The maximum absolute atomic E-state index is 12.7. The molecule has 2 aromatic rings. The summed E-state index contributed by atoms with van der Waals surface area (Å²) in [7, 11) is 1.57. The fourth-order valence-corrected chi connectivity index (χ4v) is 3.80. The fraction of sp³-hybridized carbons (Fsp3) is 0.348. The van der Waals surface area contributed by atoms with Crippen molar-refractivity contribution in [3.05, 3.63) is 48.5 Å². The van der Waals surface area contributed by atoms with Crippen LogP contribution in [-0.2, 0) is 19.1 Å². The summed E-state index contributed by atoms with van der Waals surface area (Å²) in [5, 5.41) is 5.68. The van der Waals surface area contributed by atoms with Crippen LogP contribution in [0.2, 0.25) is 0 Å². The van der Waals surface area contributed by atoms with Gasteiger partial charge in [0, 0.05) is 42.7 Å². The van der Waals surface area contributed by atoms with Crippen molar-refractivity contribution in [2.24, 2.45) is 5.92 Å². The van der Waals surface area contributed by atoms with Crippen molar-refractivity contribution in [3.63, 3.8) is 0 Å². The van der Waals surface area contributed by atoms with E-state index in [1.165, 1.54) is 0 Å². The molecule has 2 saturated heterocycles. The number of nitrogens with zero attached hydrogens (tertiary/aromatic N) is 1. The van der Waals surface area contributed by atoms with Crippen LogP contribution in [0.15, 0.2) is 48.5 Å². The van der Waals surface area contributed by atoms with Gasteiger partial charge in [-0.1, -0.05) is 6.07 Å². The summed E-state index contributed by atoms with van der Waals surface area (Å²) < 4.78 is 10.6. The third-order valence-corrected chi connectivity index (χ3v) is 5.50. The van der Waals surface area contributed by atoms with Crippen molar-refractivity contribution in [3.8, 4) is 5.75 Å². The zero-order valence-electron chi connectivity index (χ0n) is 17.3. The quantitative estimate of drug-likeness (QED) is 0.745. The molecule has 2 aliphatic rings. The molecule has 2 aliphatic heterocycles. The summed E-state index contributed by atoms with van der Waals surface area (Å²) >= 11 is 0. The molecule has 8 nitrogen and oxygen atoms in total. The van der Waals surface area contributed by atoms with E-state index in [1.54, 1.807) is 48.4 Å². The molecule has 2 N–H and O–H groups in total. The Morgan fingerprint density at radius 2 is 1.77 bits per heavy atom. The molecule has 2 aromatic carbocycles. The van der Waals surface area contributed by atoms with Crippen LogP contribution in [0.25, 0.3) is 0 Å². The van der Waals surface area contributed by atoms with Gasteiger partial charge in [0.2, 0.25) is 11.8 Å². The van der Waals surface area contributed by atoms with Gasteiger partial charge in [0.1, 0.15) is 11.9 Å². The van der Waals surface area contributed by atoms with Crippen molar-refractivity contribution in [1.82, 2.24) is 0 Å². The van der Waals surface area contributed by atoms with Gasteiger partial charge in [-0.3, -0.25) is 14.4 Å². The van der Waals surface area contributed by atoms with Crippen LogP contribution in [0.4, 0.5) is 17.1 Å². The first-order valence-electron chi connectivity index (χ1n) is 10.3. The van der Waals surface area contributed by atoms with Gasteiger partial charge < -0.3 is 25.0 Å². The van der Waals surface area contributed by atoms with Gasteiger partial charge in [-0.25, -0.2) is 0 Å². The van der Waals surface area contributed by atoms with Crippen molar-refractivity contribution < 1.29 is 23.9 Å². The number of amides is 3. The van der Waals surface area contributed by atoms with Crippen molar-refractivity contribution in [1.29, 1.82) is 0 Å². The van der Waals surface area contributed by atoms with Gasteiger partial charge in [-0.05, 0) is 49.2 Å². The van der Waals surface area contributed by atoms with Crippen LogP contribution in [-0.4, -0.2) is 44.1 Å². The summed E-state index contributed by atoms with van der Waals surface area (Å²) in [6.45, 7) is 0.926. The lowest BCUT2D eigenvalue weighted by Crippen LogP contribution is -2.28. The average Bonchev–Trinajstić information content (AvgIpc) is 3.45. The fourth-order valence-electron chi connectivity index (χ4n) is 3.80. The Hall–Kier alpha value is -3.39. The van der Waals surface area contributed by atoms with E-state index < -0.39 is 12.0 Å². The highest BCUT2D eigenvalue weighted by Gasteiger charge is 2.35. The lowest BCUT2D eigenvalue weighted by atomic mass is 10.1. The summed E-state index contributed by atoms with van der Waals surface area (Å²) in [6, 6.07) is 14.1. The molecule has 0 radical (unpaired) electrons. The summed E-state index contributed by atoms with van der Waals surface area (Å²) in [5.41, 5.74) is 1.96. The van der Waals surface area contributed by atoms with E-state index >= 15 is 0 Å². The first-order valence-corrected chi connectivity index (χ1v) is 10.3. The number of nitrogens with one attached hydrogen (secondary N) is 2. The second-order valence-corrected chi connectivity index (χ2v) is 7.66. The van der Waals surface area contributed by atoms with E-state index in [4.69, 9.17) is 9.47 Å². The number of ether oxygens (including phenoxy) is 2. The van der Waals surface area contributed by atoms with Crippen LogP contribution < -0.4 is 20.3 Å². The first-order chi connectivity index (χ1) is 15.0. The normalized spacial score (nSPS) is 20.5. The number of carbonyl (C=O) groups excluding carboxylic acids is 3. The number of methoxy groups -OCH3 is 1. The zero-order valence-corrected chi connectivity index (χ0v) is 17.3. The third-order valence-electron chi connectivity index (χ3n) is 5.50. The largest absolute Gasteiger partial charge is 0.497 e. The molecule has 4 rings (SSSR count). The highest BCUT2D eigenvalue weighted by Crippen LogP contribution is 2.28. The van der Waals surface area contributed by atoms with Crippen LogP contribution in [0.1, 0.15) is 19.3 Å². The molecular formula is C23H25N3O5. The molecule has 8 heteroatoms. The lowest BCUT2D eigenvalue weighted by molar-refractivity contribution is -0.124. The Kier molecular flexibility index (Phi) is 6.18. The molecule has 3 amide bonds. The molecule has 0 unspecified atom stereocenters. The third kappa shape index (κ3) is 4.86. The van der Waals surface area contributed by atoms with Gasteiger partial charge in [0.05, 0.1) is 13.0 Å². The van der Waals surface area contributed by atoms with E-state index in [0.717, 1.165) is 12.8 Å². The van der Waals surface area contributed by atoms with Crippen molar-refractivity contribution in [2.75, 3.05) is 35.8 Å². The van der Waals surface area contributed by atoms with E-state index in [0.29, 0.717) is 36.0 Å². The maximum atomic E-state index is 12.7. The standard InChI is InChI=1S/C23H25N3O5/c1-30-19-5-2-4-18(13-19)26-14-15(12-21(26)27)22(28)24-16-7-9-17(10-8-16)25-23(29)20-6-3-11-31-20/h2,4-5,7-10,13,15,20H,3,6,11-12,14H2,1H3,(H,24,28)(H,25,29)/t15-,20-/m1/s1. The zero-order chi connectivity index (χ0) is 21.8. The van der Waals surface area contributed by atoms with Gasteiger partial charge in [0.25, 0.3) is 5.91 Å². The van der Waals surface area contributed by atoms with Crippen LogP contribution in [0, 0.1) is 5.92 Å². The number of hydrogen-bond acceptors (Lipinski definition) is 5. The number of rotatable bonds is 6. The van der Waals surface area contributed by atoms with Crippen molar-refractivity contribution >= 4 is 34.8 Å². The summed E-state index contributed by atoms with van der Waals surface area (Å²) in [6.07, 6.45) is 1.37. The minimum Gasteiger partial charge on any atom is -0.497 e. The topological polar surface area (TPSA) is 97.0 Å². The summed E-state index contributed by atoms with van der Waals surface area (Å²) in [5.74, 6) is -0.255. The van der Waals surface area contributed by atoms with Crippen LogP contribution in [0.3, 0.4) is 0 Å². The molecule has 0 aliphatic carbocycles. The van der Waals surface area contributed by atoms with Gasteiger partial charge in [-0.15, -0.1) is 0 Å². The molecule has 0 spiro atoms. The molecule has 2 heterocycles. The van der Waals surface area contributed by atoms with E-state index in [9.17, 15) is 14.4 Å². The lowest BCUT2D eigenvalue weighted by Gasteiger charge is -2.17. The van der Waals surface area contributed by atoms with Crippen LogP contribution in [0.5, 0.6) is 5.75 Å². The minimum atomic E-state index is -0.447. The van der Waals surface area contributed by atoms with E-state index in [2.05, 4.69) is 10.6 Å². The number of benzene rings is 2. The summed E-state index contributed by atoms with van der Waals surface area (Å²) in [4.78, 5) is 38.9. The SMILES string of the molecule is COc1cccc(N2C[C@H](C(=O)Nc3ccc(NC(=O)[C@H]4CCCO4)cc3)CC2=O)c1. The predicted molar refractivity (Wildman–Crippen MR) is 116 cm³/mol. The number of hydrogen-bond donors (Lipinski definition) is 2. The molecule has 0 aromatic heterocycles. The van der Waals surface area contributed by atoms with E-state index in [1.807, 2.05) is 12.1 Å². The highest BCUT2D eigenvalue weighted by atomic mass is 16.5. The monoisotopic (exact) mass is 423 g/mol. The van der Waals surface area contributed by atoms with Crippen molar-refractivity contribution in [2.45, 2.75) is 25.4 Å². The Morgan fingerprint density at radius 3 is 2.42 bits per heavy atom. The Morgan fingerprint density at radius 1 is 1.06 bits per heavy atom. The molecule has 2 fully saturated rings. The number of anilines is 3. The Bertz CT molecular complexity index is 969. The Balaban J connectivity index is 1.33. The second-order valence-electron chi connectivity index (χ2n) is 7.66. The second kappa shape index (κ2) is 9.18. The molecule has 0 saturated carbocycles. The van der Waals surface area contributed by atoms with Gasteiger partial charge in [0.15, 0.2) is 0 Å². The van der Waals surface area contributed by atoms with E-state index in [-0.39, 0.29) is 24.1 Å². The Labute approximate surface area is 180 Å². The number of carbonyl (C=O) groups is 3. The molecule has 31 heavy (non-hydrogen) atoms. The molecule has 162 valence electrons.